The van der Waals surface area contributed by atoms with Crippen LogP contribution in [0.1, 0.15) is 23.6 Å². The van der Waals surface area contributed by atoms with Gasteiger partial charge in [-0.3, -0.25) is 0 Å². The van der Waals surface area contributed by atoms with Crippen LogP contribution in [0.3, 0.4) is 0 Å². The molecule has 0 saturated carbocycles. The second kappa shape index (κ2) is 9.79. The van der Waals surface area contributed by atoms with Crippen LogP contribution >= 0.6 is 0 Å². The molecule has 0 fully saturated rings. The first kappa shape index (κ1) is 21.1. The predicted molar refractivity (Wildman–Crippen MR) is 126 cm³/mol. The Kier molecular flexibility index (Phi) is 6.46. The van der Waals surface area contributed by atoms with Gasteiger partial charge in [-0.15, -0.1) is 0 Å². The standard InChI is InChI=1S/C27H23NO4/c1-3-31-25(29)18-17-22(19-13-15-21(30-2)16-14-19)26-23-11-7-8-12-24(23)27(32-26)28-20-9-5-4-6-10-20/h4-18H,3H2,1-2H3/b18-17+,26-22-,28-27?. The highest BCUT2D eigenvalue weighted by Gasteiger charge is 2.27. The maximum Gasteiger partial charge on any atom is 0.330 e. The van der Waals surface area contributed by atoms with Crippen LogP contribution < -0.4 is 4.74 Å². The number of ether oxygens (including phenoxy) is 3. The summed E-state index contributed by atoms with van der Waals surface area (Å²) < 4.78 is 16.6. The Morgan fingerprint density at radius 3 is 2.28 bits per heavy atom. The fraction of sp³-hybridized carbons (Fsp3) is 0.111. The van der Waals surface area contributed by atoms with Crippen LogP contribution in [0.2, 0.25) is 0 Å². The molecule has 0 amide bonds. The number of carbonyl (C=O) groups is 1. The van der Waals surface area contributed by atoms with E-state index in [2.05, 4.69) is 0 Å². The topological polar surface area (TPSA) is 57.1 Å². The molecule has 1 aliphatic heterocycles. The third-order valence-corrected chi connectivity index (χ3v) is 4.91. The molecule has 3 aromatic carbocycles. The molecule has 0 N–H and O–H groups in total. The number of benzene rings is 3. The zero-order chi connectivity index (χ0) is 22.3. The SMILES string of the molecule is CCOC(=O)/C=C/C(=C1/OC(=Nc2ccccc2)c2ccccc21)c1ccc(OC)cc1. The maximum absolute atomic E-state index is 12.0. The zero-order valence-electron chi connectivity index (χ0n) is 17.9. The van der Waals surface area contributed by atoms with Crippen LogP contribution in [-0.4, -0.2) is 25.6 Å². The van der Waals surface area contributed by atoms with Crippen molar-refractivity contribution in [2.75, 3.05) is 13.7 Å². The maximum atomic E-state index is 12.0. The smallest absolute Gasteiger partial charge is 0.330 e. The molecule has 1 heterocycles. The van der Waals surface area contributed by atoms with Gasteiger partial charge in [0.25, 0.3) is 0 Å². The van der Waals surface area contributed by atoms with E-state index in [1.165, 1.54) is 6.08 Å². The summed E-state index contributed by atoms with van der Waals surface area (Å²) in [6.07, 6.45) is 3.13. The third kappa shape index (κ3) is 4.62. The second-order valence-electron chi connectivity index (χ2n) is 6.96. The van der Waals surface area contributed by atoms with Crippen molar-refractivity contribution in [1.29, 1.82) is 0 Å². The third-order valence-electron chi connectivity index (χ3n) is 4.91. The molecule has 0 radical (unpaired) electrons. The molecule has 32 heavy (non-hydrogen) atoms. The van der Waals surface area contributed by atoms with E-state index in [1.54, 1.807) is 20.1 Å². The van der Waals surface area contributed by atoms with Gasteiger partial charge < -0.3 is 14.2 Å². The van der Waals surface area contributed by atoms with E-state index in [1.807, 2.05) is 78.9 Å². The Morgan fingerprint density at radius 1 is 0.906 bits per heavy atom. The van der Waals surface area contributed by atoms with Crippen molar-refractivity contribution in [3.63, 3.8) is 0 Å². The number of allylic oxidation sites excluding steroid dienone is 2. The summed E-state index contributed by atoms with van der Waals surface area (Å²) in [4.78, 5) is 16.7. The highest BCUT2D eigenvalue weighted by atomic mass is 16.5. The van der Waals surface area contributed by atoms with Crippen LogP contribution in [0.25, 0.3) is 11.3 Å². The van der Waals surface area contributed by atoms with Crippen molar-refractivity contribution >= 4 is 28.9 Å². The summed E-state index contributed by atoms with van der Waals surface area (Å²) >= 11 is 0. The van der Waals surface area contributed by atoms with E-state index in [0.29, 0.717) is 18.3 Å². The van der Waals surface area contributed by atoms with Gasteiger partial charge in [0.1, 0.15) is 11.5 Å². The number of hydrogen-bond acceptors (Lipinski definition) is 5. The van der Waals surface area contributed by atoms with Crippen molar-refractivity contribution in [1.82, 2.24) is 0 Å². The Labute approximate surface area is 187 Å². The van der Waals surface area contributed by atoms with Crippen molar-refractivity contribution < 1.29 is 19.0 Å². The summed E-state index contributed by atoms with van der Waals surface area (Å²) in [6, 6.07) is 25.1. The number of methoxy groups -OCH3 is 1. The quantitative estimate of drug-likeness (QED) is 0.370. The number of nitrogens with zero attached hydrogens (tertiary/aromatic N) is 1. The number of fused-ring (bicyclic) bond motifs is 1. The summed E-state index contributed by atoms with van der Waals surface area (Å²) in [5.74, 6) is 1.47. The number of rotatable bonds is 6. The van der Waals surface area contributed by atoms with E-state index >= 15 is 0 Å². The fourth-order valence-corrected chi connectivity index (χ4v) is 3.39. The molecule has 3 aromatic rings. The normalized spacial score (nSPS) is 15.4. The number of para-hydroxylation sites is 1. The minimum Gasteiger partial charge on any atom is -0.497 e. The zero-order valence-corrected chi connectivity index (χ0v) is 17.9. The van der Waals surface area contributed by atoms with Gasteiger partial charge >= 0.3 is 5.97 Å². The molecule has 0 unspecified atom stereocenters. The molecule has 0 atom stereocenters. The van der Waals surface area contributed by atoms with Gasteiger partial charge in [0, 0.05) is 22.8 Å². The largest absolute Gasteiger partial charge is 0.497 e. The Balaban J connectivity index is 1.85. The summed E-state index contributed by atoms with van der Waals surface area (Å²) in [6.45, 7) is 2.09. The summed E-state index contributed by atoms with van der Waals surface area (Å²) in [5.41, 5.74) is 4.21. The number of carbonyl (C=O) groups excluding carboxylic acids is 1. The lowest BCUT2D eigenvalue weighted by atomic mass is 9.99. The number of hydrogen-bond donors (Lipinski definition) is 0. The average molecular weight is 425 g/mol. The molecule has 0 saturated heterocycles. The lowest BCUT2D eigenvalue weighted by Gasteiger charge is -2.09. The average Bonchev–Trinajstić information content (AvgIpc) is 3.19. The van der Waals surface area contributed by atoms with E-state index < -0.39 is 5.97 Å². The van der Waals surface area contributed by atoms with Gasteiger partial charge in [-0.05, 0) is 48.9 Å². The fourth-order valence-electron chi connectivity index (χ4n) is 3.39. The molecule has 0 bridgehead atoms. The molecular formula is C27H23NO4. The van der Waals surface area contributed by atoms with Gasteiger partial charge in [0.15, 0.2) is 0 Å². The molecule has 4 rings (SSSR count). The molecule has 1 aliphatic rings. The Bertz CT molecular complexity index is 1190. The van der Waals surface area contributed by atoms with Gasteiger partial charge in [0.05, 0.1) is 19.4 Å². The van der Waals surface area contributed by atoms with E-state index in [4.69, 9.17) is 19.2 Å². The van der Waals surface area contributed by atoms with Gasteiger partial charge in [-0.1, -0.05) is 48.5 Å². The first-order valence-corrected chi connectivity index (χ1v) is 10.3. The van der Waals surface area contributed by atoms with Gasteiger partial charge in [0.2, 0.25) is 5.90 Å². The van der Waals surface area contributed by atoms with Crippen LogP contribution in [0.5, 0.6) is 5.75 Å². The Hall–Kier alpha value is -4.12. The lowest BCUT2D eigenvalue weighted by molar-refractivity contribution is -0.137. The first-order valence-electron chi connectivity index (χ1n) is 10.3. The van der Waals surface area contributed by atoms with Crippen molar-refractivity contribution in [3.05, 3.63) is 108 Å². The van der Waals surface area contributed by atoms with Crippen LogP contribution in [0, 0.1) is 0 Å². The molecule has 5 nitrogen and oxygen atoms in total. The van der Waals surface area contributed by atoms with E-state index in [-0.39, 0.29) is 0 Å². The van der Waals surface area contributed by atoms with E-state index in [9.17, 15) is 4.79 Å². The minimum absolute atomic E-state index is 0.310. The lowest BCUT2D eigenvalue weighted by Crippen LogP contribution is -2.00. The van der Waals surface area contributed by atoms with Crippen LogP contribution in [-0.2, 0) is 14.3 Å². The minimum atomic E-state index is -0.413. The molecule has 0 aromatic heterocycles. The predicted octanol–water partition coefficient (Wildman–Crippen LogP) is 5.79. The molecule has 0 aliphatic carbocycles. The van der Waals surface area contributed by atoms with Crippen LogP contribution in [0.4, 0.5) is 5.69 Å². The first-order chi connectivity index (χ1) is 15.7. The van der Waals surface area contributed by atoms with Crippen molar-refractivity contribution in [2.45, 2.75) is 6.92 Å². The van der Waals surface area contributed by atoms with Gasteiger partial charge in [-0.25, -0.2) is 9.79 Å². The molecule has 160 valence electrons. The molecule has 0 spiro atoms. The van der Waals surface area contributed by atoms with Crippen LogP contribution in [0.15, 0.2) is 96.0 Å². The summed E-state index contributed by atoms with van der Waals surface area (Å²) in [5, 5.41) is 0. The highest BCUT2D eigenvalue weighted by molar-refractivity contribution is 6.12. The molecule has 5 heteroatoms. The van der Waals surface area contributed by atoms with Crippen molar-refractivity contribution in [3.8, 4) is 5.75 Å². The molecular weight excluding hydrogens is 402 g/mol. The second-order valence-corrected chi connectivity index (χ2v) is 6.96. The van der Waals surface area contributed by atoms with E-state index in [0.717, 1.165) is 33.7 Å². The monoisotopic (exact) mass is 425 g/mol. The Morgan fingerprint density at radius 2 is 1.59 bits per heavy atom. The van der Waals surface area contributed by atoms with Crippen molar-refractivity contribution in [2.24, 2.45) is 4.99 Å². The number of aliphatic imine (C=N–C) groups is 1. The highest BCUT2D eigenvalue weighted by Crippen LogP contribution is 2.38. The summed E-state index contributed by atoms with van der Waals surface area (Å²) in [7, 11) is 1.62. The number of esters is 1. The van der Waals surface area contributed by atoms with Gasteiger partial charge in [-0.2, -0.15) is 0 Å².